The lowest BCUT2D eigenvalue weighted by atomic mass is 10.0. The quantitative estimate of drug-likeness (QED) is 0.310. The number of unbranched alkanes of at least 4 members (excludes halogenated alkanes) is 13. The van der Waals surface area contributed by atoms with E-state index < -0.39 is 0 Å². The largest absolute Gasteiger partial charge is 0.425 e. The molecule has 138 valence electrons. The molecule has 0 bridgehead atoms. The Kier molecular flexibility index (Phi) is 12.2. The highest BCUT2D eigenvalue weighted by Gasteiger charge is 1.98. The normalized spacial score (nSPS) is 11.0. The summed E-state index contributed by atoms with van der Waals surface area (Å²) in [5.41, 5.74) is 0.696. The van der Waals surface area contributed by atoms with Crippen molar-refractivity contribution in [2.45, 2.75) is 103 Å². The molecule has 0 amide bonds. The van der Waals surface area contributed by atoms with E-state index in [1.54, 1.807) is 0 Å². The van der Waals surface area contributed by atoms with Crippen molar-refractivity contribution in [1.29, 1.82) is 0 Å². The molecule has 0 unspecified atom stereocenters. The molecule has 1 N–H and O–H groups in total. The Labute approximate surface area is 148 Å². The predicted octanol–water partition coefficient (Wildman–Crippen LogP) is 6.11. The van der Waals surface area contributed by atoms with Crippen molar-refractivity contribution in [3.8, 4) is 0 Å². The summed E-state index contributed by atoms with van der Waals surface area (Å²) >= 11 is 0. The van der Waals surface area contributed by atoms with E-state index in [0.717, 1.165) is 18.4 Å². The third kappa shape index (κ3) is 10.5. The second-order valence-electron chi connectivity index (χ2n) is 7.06. The Morgan fingerprint density at radius 3 is 1.71 bits per heavy atom. The van der Waals surface area contributed by atoms with E-state index in [2.05, 4.69) is 6.92 Å². The summed E-state index contributed by atoms with van der Waals surface area (Å²) in [4.78, 5) is 11.3. The lowest BCUT2D eigenvalue weighted by Crippen LogP contribution is -2.16. The fourth-order valence-electron chi connectivity index (χ4n) is 3.19. The zero-order valence-corrected chi connectivity index (χ0v) is 15.6. The van der Waals surface area contributed by atoms with E-state index in [4.69, 9.17) is 5.21 Å². The summed E-state index contributed by atoms with van der Waals surface area (Å²) in [5.74, 6) is 0. The summed E-state index contributed by atoms with van der Waals surface area (Å²) in [6, 6.07) is 3.35. The van der Waals surface area contributed by atoms with E-state index in [-0.39, 0.29) is 5.56 Å². The van der Waals surface area contributed by atoms with Crippen LogP contribution in [0.2, 0.25) is 0 Å². The first-order valence-corrected chi connectivity index (χ1v) is 10.1. The number of aryl methyl sites for hydroxylation is 1. The van der Waals surface area contributed by atoms with Gasteiger partial charge < -0.3 is 5.21 Å². The molecule has 0 spiro atoms. The number of hydrogen-bond acceptors (Lipinski definition) is 2. The number of hydrogen-bond donors (Lipinski definition) is 1. The Bertz CT molecular complexity index is 467. The Balaban J connectivity index is 1.84. The molecule has 0 atom stereocenters. The third-order valence-electron chi connectivity index (χ3n) is 4.78. The summed E-state index contributed by atoms with van der Waals surface area (Å²) in [7, 11) is 0. The Hall–Kier alpha value is -1.25. The fourth-order valence-corrected chi connectivity index (χ4v) is 3.19. The second kappa shape index (κ2) is 14.1. The van der Waals surface area contributed by atoms with Crippen LogP contribution in [-0.4, -0.2) is 9.94 Å². The van der Waals surface area contributed by atoms with Crippen molar-refractivity contribution < 1.29 is 5.21 Å². The monoisotopic (exact) mass is 335 g/mol. The van der Waals surface area contributed by atoms with Gasteiger partial charge in [-0.05, 0) is 24.5 Å². The van der Waals surface area contributed by atoms with Crippen molar-refractivity contribution in [3.05, 3.63) is 34.2 Å². The molecule has 24 heavy (non-hydrogen) atoms. The van der Waals surface area contributed by atoms with Crippen molar-refractivity contribution >= 4 is 0 Å². The van der Waals surface area contributed by atoms with Gasteiger partial charge in [0.15, 0.2) is 0 Å². The average molecular weight is 336 g/mol. The molecule has 0 aliphatic heterocycles. The fraction of sp³-hybridized carbons (Fsp3) is 0.762. The van der Waals surface area contributed by atoms with Crippen molar-refractivity contribution in [3.63, 3.8) is 0 Å². The minimum absolute atomic E-state index is 0.335. The first kappa shape index (κ1) is 20.8. The molecule has 0 aromatic carbocycles. The molecule has 0 aliphatic carbocycles. The van der Waals surface area contributed by atoms with Crippen LogP contribution in [0.3, 0.4) is 0 Å². The minimum Gasteiger partial charge on any atom is -0.425 e. The molecule has 0 saturated carbocycles. The minimum atomic E-state index is -0.335. The van der Waals surface area contributed by atoms with Crippen LogP contribution < -0.4 is 5.56 Å². The van der Waals surface area contributed by atoms with Crippen molar-refractivity contribution in [1.82, 2.24) is 4.73 Å². The molecular weight excluding hydrogens is 298 g/mol. The number of pyridine rings is 1. The van der Waals surface area contributed by atoms with Crippen LogP contribution in [0.4, 0.5) is 0 Å². The standard InChI is InChI=1S/C21H37NO2/c1-2-3-4-5-6-7-8-9-10-11-12-13-14-15-16-20-17-18-22(24)21(23)19-20/h17-19,24H,2-16H2,1H3. The molecule has 1 heterocycles. The Morgan fingerprint density at radius 2 is 1.25 bits per heavy atom. The van der Waals surface area contributed by atoms with Gasteiger partial charge >= 0.3 is 0 Å². The van der Waals surface area contributed by atoms with E-state index in [9.17, 15) is 4.79 Å². The molecule has 0 fully saturated rings. The van der Waals surface area contributed by atoms with E-state index in [1.165, 1.54) is 95.7 Å². The van der Waals surface area contributed by atoms with E-state index >= 15 is 0 Å². The summed E-state index contributed by atoms with van der Waals surface area (Å²) in [6.07, 6.45) is 21.4. The third-order valence-corrected chi connectivity index (χ3v) is 4.78. The van der Waals surface area contributed by atoms with Gasteiger partial charge in [0.05, 0.1) is 0 Å². The van der Waals surface area contributed by atoms with Crippen LogP contribution in [-0.2, 0) is 6.42 Å². The van der Waals surface area contributed by atoms with Gasteiger partial charge in [0, 0.05) is 12.3 Å². The van der Waals surface area contributed by atoms with Crippen LogP contribution in [0.15, 0.2) is 23.1 Å². The van der Waals surface area contributed by atoms with Crippen LogP contribution >= 0.6 is 0 Å². The summed E-state index contributed by atoms with van der Waals surface area (Å²) in [5, 5.41) is 9.14. The maximum atomic E-state index is 11.3. The van der Waals surface area contributed by atoms with Gasteiger partial charge in [-0.15, -0.1) is 0 Å². The molecule has 0 saturated heterocycles. The van der Waals surface area contributed by atoms with Crippen LogP contribution in [0, 0.1) is 0 Å². The van der Waals surface area contributed by atoms with Gasteiger partial charge in [-0.3, -0.25) is 4.79 Å². The highest BCUT2D eigenvalue weighted by atomic mass is 16.5. The topological polar surface area (TPSA) is 42.2 Å². The molecule has 3 nitrogen and oxygen atoms in total. The molecule has 1 aromatic heterocycles. The predicted molar refractivity (Wildman–Crippen MR) is 102 cm³/mol. The van der Waals surface area contributed by atoms with Gasteiger partial charge in [-0.25, -0.2) is 0 Å². The van der Waals surface area contributed by atoms with Crippen molar-refractivity contribution in [2.24, 2.45) is 0 Å². The summed E-state index contributed by atoms with van der Waals surface area (Å²) in [6.45, 7) is 2.27. The van der Waals surface area contributed by atoms with Gasteiger partial charge in [-0.1, -0.05) is 90.4 Å². The molecular formula is C21H37NO2. The zero-order valence-electron chi connectivity index (χ0n) is 15.6. The van der Waals surface area contributed by atoms with Gasteiger partial charge in [0.2, 0.25) is 0 Å². The highest BCUT2D eigenvalue weighted by Crippen LogP contribution is 2.13. The lowest BCUT2D eigenvalue weighted by Gasteiger charge is -2.04. The Morgan fingerprint density at radius 1 is 0.792 bits per heavy atom. The van der Waals surface area contributed by atoms with E-state index in [0.29, 0.717) is 4.73 Å². The van der Waals surface area contributed by atoms with Gasteiger partial charge in [-0.2, -0.15) is 4.73 Å². The molecule has 1 aromatic rings. The number of rotatable bonds is 15. The second-order valence-corrected chi connectivity index (χ2v) is 7.06. The van der Waals surface area contributed by atoms with Crippen LogP contribution in [0.5, 0.6) is 0 Å². The van der Waals surface area contributed by atoms with Gasteiger partial charge in [0.25, 0.3) is 5.56 Å². The van der Waals surface area contributed by atoms with E-state index in [1.807, 2.05) is 6.07 Å². The van der Waals surface area contributed by atoms with Crippen molar-refractivity contribution in [2.75, 3.05) is 0 Å². The summed E-state index contributed by atoms with van der Waals surface area (Å²) < 4.78 is 0.634. The van der Waals surface area contributed by atoms with Crippen LogP contribution in [0.25, 0.3) is 0 Å². The number of aromatic nitrogens is 1. The average Bonchev–Trinajstić information content (AvgIpc) is 2.58. The SMILES string of the molecule is CCCCCCCCCCCCCCCCc1ccn(O)c(=O)c1. The lowest BCUT2D eigenvalue weighted by molar-refractivity contribution is 0.174. The first-order chi connectivity index (χ1) is 11.7. The zero-order chi connectivity index (χ0) is 17.5. The van der Waals surface area contributed by atoms with Gasteiger partial charge in [0.1, 0.15) is 0 Å². The highest BCUT2D eigenvalue weighted by molar-refractivity contribution is 5.10. The smallest absolute Gasteiger partial charge is 0.283 e. The molecule has 1 rings (SSSR count). The molecule has 3 heteroatoms. The molecule has 0 aliphatic rings. The molecule has 0 radical (unpaired) electrons. The maximum Gasteiger partial charge on any atom is 0.283 e. The number of nitrogens with zero attached hydrogens (tertiary/aromatic N) is 1. The van der Waals surface area contributed by atoms with Crippen LogP contribution in [0.1, 0.15) is 102 Å². The maximum absolute atomic E-state index is 11.3. The first-order valence-electron chi connectivity index (χ1n) is 10.1.